The third kappa shape index (κ3) is 4.04. The molecular weight excluding hydrogens is 402 g/mol. The van der Waals surface area contributed by atoms with Crippen molar-refractivity contribution in [2.24, 2.45) is 5.92 Å². The lowest BCUT2D eigenvalue weighted by Crippen LogP contribution is -2.43. The van der Waals surface area contributed by atoms with Crippen molar-refractivity contribution >= 4 is 39.2 Å². The molecule has 0 N–H and O–H groups in total. The maximum absolute atomic E-state index is 13.3. The molecule has 7 heteroatoms. The van der Waals surface area contributed by atoms with E-state index in [0.29, 0.717) is 29.4 Å². The maximum Gasteiger partial charge on any atom is 0.263 e. The van der Waals surface area contributed by atoms with Gasteiger partial charge >= 0.3 is 0 Å². The second-order valence-electron chi connectivity index (χ2n) is 8.35. The number of likely N-dealkylation sites (tertiary alicyclic amines) is 1. The van der Waals surface area contributed by atoms with E-state index in [0.717, 1.165) is 48.9 Å². The first-order valence-electron chi connectivity index (χ1n) is 10.6. The van der Waals surface area contributed by atoms with Gasteiger partial charge < -0.3 is 4.90 Å². The minimum Gasteiger partial charge on any atom is -0.339 e. The van der Waals surface area contributed by atoms with Crippen LogP contribution in [0.3, 0.4) is 0 Å². The summed E-state index contributed by atoms with van der Waals surface area (Å²) in [7, 11) is 0. The third-order valence-corrected chi connectivity index (χ3v) is 8.25. The Labute approximate surface area is 180 Å². The quantitative estimate of drug-likeness (QED) is 0.403. The topological polar surface area (TPSA) is 55.2 Å². The molecule has 1 aliphatic heterocycles. The van der Waals surface area contributed by atoms with Crippen molar-refractivity contribution in [3.8, 4) is 0 Å². The number of aryl methyl sites for hydroxylation is 1. The molecule has 3 heterocycles. The smallest absolute Gasteiger partial charge is 0.263 e. The van der Waals surface area contributed by atoms with E-state index < -0.39 is 0 Å². The van der Waals surface area contributed by atoms with Crippen molar-refractivity contribution in [3.63, 3.8) is 0 Å². The fraction of sp³-hybridized carbons (Fsp3) is 0.591. The number of rotatable bonds is 5. The number of hydrogen-bond donors (Lipinski definition) is 0. The van der Waals surface area contributed by atoms with Gasteiger partial charge in [0.1, 0.15) is 4.83 Å². The summed E-state index contributed by atoms with van der Waals surface area (Å²) in [6.45, 7) is 9.46. The summed E-state index contributed by atoms with van der Waals surface area (Å²) in [5.41, 5.74) is 1.22. The Bertz CT molecular complexity index is 994. The summed E-state index contributed by atoms with van der Waals surface area (Å²) >= 11 is 3.05. The fourth-order valence-electron chi connectivity index (χ4n) is 4.48. The Morgan fingerprint density at radius 3 is 2.93 bits per heavy atom. The lowest BCUT2D eigenvalue weighted by atomic mass is 9.89. The molecule has 2 unspecified atom stereocenters. The van der Waals surface area contributed by atoms with E-state index >= 15 is 0 Å². The SMILES string of the molecule is C=CCn1c(SCC(=O)N2CCCCC2C)nc2sc3c(c2c1=O)CCC(C)C3. The molecule has 156 valence electrons. The molecule has 5 nitrogen and oxygen atoms in total. The highest BCUT2D eigenvalue weighted by Crippen LogP contribution is 2.36. The third-order valence-electron chi connectivity index (χ3n) is 6.14. The Morgan fingerprint density at radius 1 is 1.34 bits per heavy atom. The molecule has 1 fully saturated rings. The fourth-order valence-corrected chi connectivity index (χ4v) is 6.80. The Balaban J connectivity index is 1.64. The molecule has 2 aromatic rings. The Kier molecular flexibility index (Phi) is 6.16. The lowest BCUT2D eigenvalue weighted by Gasteiger charge is -2.33. The maximum atomic E-state index is 13.3. The number of aromatic nitrogens is 2. The van der Waals surface area contributed by atoms with E-state index in [1.807, 2.05) is 4.90 Å². The van der Waals surface area contributed by atoms with Crippen molar-refractivity contribution in [3.05, 3.63) is 33.4 Å². The molecule has 29 heavy (non-hydrogen) atoms. The highest BCUT2D eigenvalue weighted by Gasteiger charge is 2.26. The second-order valence-corrected chi connectivity index (χ2v) is 10.4. The van der Waals surface area contributed by atoms with Gasteiger partial charge in [-0.25, -0.2) is 4.98 Å². The number of nitrogens with zero attached hydrogens (tertiary/aromatic N) is 3. The van der Waals surface area contributed by atoms with Gasteiger partial charge in [0.15, 0.2) is 5.16 Å². The molecule has 0 aromatic carbocycles. The minimum atomic E-state index is 0.0169. The average molecular weight is 432 g/mol. The monoisotopic (exact) mass is 431 g/mol. The first-order chi connectivity index (χ1) is 14.0. The van der Waals surface area contributed by atoms with Crippen LogP contribution in [0.2, 0.25) is 0 Å². The Hall–Kier alpha value is -1.60. The molecule has 1 aliphatic carbocycles. The first kappa shape index (κ1) is 20.7. The standard InChI is InChI=1S/C22H29N3O2S2/c1-4-10-25-21(27)19-16-9-8-14(2)12-17(16)29-20(19)23-22(25)28-13-18(26)24-11-6-5-7-15(24)3/h4,14-15H,1,5-13H2,2-3H3. The van der Waals surface area contributed by atoms with E-state index in [1.54, 1.807) is 22.0 Å². The molecule has 1 saturated heterocycles. The number of amides is 1. The predicted octanol–water partition coefficient (Wildman–Crippen LogP) is 4.26. The van der Waals surface area contributed by atoms with Crippen LogP contribution in [-0.2, 0) is 24.2 Å². The highest BCUT2D eigenvalue weighted by atomic mass is 32.2. The molecule has 2 aliphatic rings. The van der Waals surface area contributed by atoms with Crippen molar-refractivity contribution in [1.82, 2.24) is 14.5 Å². The van der Waals surface area contributed by atoms with Gasteiger partial charge in [0, 0.05) is 24.0 Å². The number of fused-ring (bicyclic) bond motifs is 3. The largest absolute Gasteiger partial charge is 0.339 e. The molecule has 2 aromatic heterocycles. The van der Waals surface area contributed by atoms with Crippen LogP contribution in [0.15, 0.2) is 22.6 Å². The van der Waals surface area contributed by atoms with Crippen molar-refractivity contribution in [1.29, 1.82) is 0 Å². The van der Waals surface area contributed by atoms with Crippen LogP contribution in [0, 0.1) is 5.92 Å². The number of piperidine rings is 1. The average Bonchev–Trinajstić information content (AvgIpc) is 3.06. The van der Waals surface area contributed by atoms with E-state index in [-0.39, 0.29) is 11.5 Å². The van der Waals surface area contributed by atoms with Crippen LogP contribution in [0.1, 0.15) is 50.0 Å². The number of carbonyl (C=O) groups is 1. The van der Waals surface area contributed by atoms with Gasteiger partial charge in [0.25, 0.3) is 5.56 Å². The van der Waals surface area contributed by atoms with Crippen molar-refractivity contribution < 1.29 is 4.79 Å². The zero-order chi connectivity index (χ0) is 20.5. The summed E-state index contributed by atoms with van der Waals surface area (Å²) in [4.78, 5) is 35.1. The van der Waals surface area contributed by atoms with Gasteiger partial charge in [0.2, 0.25) is 5.91 Å². The van der Waals surface area contributed by atoms with E-state index in [2.05, 4.69) is 20.4 Å². The summed E-state index contributed by atoms with van der Waals surface area (Å²) in [5.74, 6) is 1.12. The number of thiophene rings is 1. The summed E-state index contributed by atoms with van der Waals surface area (Å²) in [6, 6.07) is 0.300. The van der Waals surface area contributed by atoms with Gasteiger partial charge in [-0.3, -0.25) is 14.2 Å². The van der Waals surface area contributed by atoms with E-state index in [4.69, 9.17) is 4.98 Å². The second kappa shape index (κ2) is 8.64. The molecule has 1 amide bonds. The lowest BCUT2D eigenvalue weighted by molar-refractivity contribution is -0.131. The molecule has 0 radical (unpaired) electrons. The van der Waals surface area contributed by atoms with Crippen LogP contribution in [-0.4, -0.2) is 38.7 Å². The number of hydrogen-bond acceptors (Lipinski definition) is 5. The van der Waals surface area contributed by atoms with Gasteiger partial charge in [-0.15, -0.1) is 17.9 Å². The van der Waals surface area contributed by atoms with Crippen molar-refractivity contribution in [2.45, 2.75) is 70.1 Å². The molecule has 0 bridgehead atoms. The molecule has 2 atom stereocenters. The predicted molar refractivity (Wildman–Crippen MR) is 121 cm³/mol. The van der Waals surface area contributed by atoms with Gasteiger partial charge in [0.05, 0.1) is 11.1 Å². The summed E-state index contributed by atoms with van der Waals surface area (Å²) in [6.07, 6.45) is 8.18. The normalized spacial score (nSPS) is 21.9. The number of carbonyl (C=O) groups excluding carboxylic acids is 1. The van der Waals surface area contributed by atoms with E-state index in [9.17, 15) is 9.59 Å². The van der Waals surface area contributed by atoms with Gasteiger partial charge in [-0.05, 0) is 56.9 Å². The van der Waals surface area contributed by atoms with Gasteiger partial charge in [-0.1, -0.05) is 24.8 Å². The van der Waals surface area contributed by atoms with E-state index in [1.165, 1.54) is 28.6 Å². The van der Waals surface area contributed by atoms with Crippen LogP contribution >= 0.6 is 23.1 Å². The summed E-state index contributed by atoms with van der Waals surface area (Å²) in [5, 5.41) is 1.42. The number of allylic oxidation sites excluding steroid dienone is 1. The summed E-state index contributed by atoms with van der Waals surface area (Å²) < 4.78 is 1.69. The molecule has 4 rings (SSSR count). The zero-order valence-electron chi connectivity index (χ0n) is 17.3. The van der Waals surface area contributed by atoms with Crippen LogP contribution in [0.25, 0.3) is 10.2 Å². The molecule has 0 saturated carbocycles. The van der Waals surface area contributed by atoms with Crippen molar-refractivity contribution in [2.75, 3.05) is 12.3 Å². The van der Waals surface area contributed by atoms with Crippen LogP contribution in [0.5, 0.6) is 0 Å². The minimum absolute atomic E-state index is 0.0169. The first-order valence-corrected chi connectivity index (χ1v) is 12.4. The zero-order valence-corrected chi connectivity index (χ0v) is 18.9. The Morgan fingerprint density at radius 2 is 2.17 bits per heavy atom. The molecular formula is C22H29N3O2S2. The van der Waals surface area contributed by atoms with Crippen LogP contribution < -0.4 is 5.56 Å². The van der Waals surface area contributed by atoms with Crippen LogP contribution in [0.4, 0.5) is 0 Å². The number of thioether (sulfide) groups is 1. The molecule has 0 spiro atoms. The highest BCUT2D eigenvalue weighted by molar-refractivity contribution is 7.99. The van der Waals surface area contributed by atoms with Gasteiger partial charge in [-0.2, -0.15) is 0 Å².